The summed E-state index contributed by atoms with van der Waals surface area (Å²) < 4.78 is -2.84. The van der Waals surface area contributed by atoms with Crippen LogP contribution in [0, 0.1) is 0 Å². The number of benzene rings is 2. The summed E-state index contributed by atoms with van der Waals surface area (Å²) in [6.07, 6.45) is 0. The highest BCUT2D eigenvalue weighted by molar-refractivity contribution is 8.05. The van der Waals surface area contributed by atoms with Crippen molar-refractivity contribution in [2.45, 2.75) is 7.33 Å². The molecule has 2 aromatic rings. The van der Waals surface area contributed by atoms with Gasteiger partial charge in [0.2, 0.25) is 0 Å². The monoisotopic (exact) mass is 380 g/mol. The van der Waals surface area contributed by atoms with E-state index in [2.05, 4.69) is 0 Å². The lowest BCUT2D eigenvalue weighted by Gasteiger charge is -2.29. The second-order valence-electron chi connectivity index (χ2n) is 4.31. The number of rotatable bonds is 4. The number of hydrogen-bond donors (Lipinski definition) is 2. The van der Waals surface area contributed by atoms with E-state index in [0.29, 0.717) is 22.5 Å². The van der Waals surface area contributed by atoms with Gasteiger partial charge in [0.25, 0.3) is 0 Å². The van der Waals surface area contributed by atoms with Crippen LogP contribution in [0.25, 0.3) is 0 Å². The summed E-state index contributed by atoms with van der Waals surface area (Å²) in [7, 11) is 0. The van der Waals surface area contributed by atoms with Crippen LogP contribution in [0.4, 0.5) is 11.4 Å². The van der Waals surface area contributed by atoms with Gasteiger partial charge in [-0.2, -0.15) is 0 Å². The Labute approximate surface area is 147 Å². The van der Waals surface area contributed by atoms with Crippen molar-refractivity contribution in [2.75, 3.05) is 11.5 Å². The Hall–Kier alpha value is -0.450. The fourth-order valence-electron chi connectivity index (χ4n) is 1.80. The maximum atomic E-state index is 6.39. The van der Waals surface area contributed by atoms with Crippen LogP contribution in [0.15, 0.2) is 48.5 Å². The lowest BCUT2D eigenvalue weighted by molar-refractivity contribution is 1.20. The Morgan fingerprint density at radius 3 is 1.33 bits per heavy atom. The van der Waals surface area contributed by atoms with Crippen LogP contribution < -0.4 is 11.5 Å². The molecule has 21 heavy (non-hydrogen) atoms. The largest absolute Gasteiger partial charge is 0.398 e. The highest BCUT2D eigenvalue weighted by Gasteiger charge is 2.41. The summed E-state index contributed by atoms with van der Waals surface area (Å²) in [4.78, 5) is 0. The van der Waals surface area contributed by atoms with Gasteiger partial charge in [-0.15, -0.1) is 0 Å². The fourth-order valence-corrected chi connectivity index (χ4v) is 5.26. The summed E-state index contributed by atoms with van der Waals surface area (Å²) >= 11 is 26.5. The molecular formula is C14H12Cl4N2S. The third kappa shape index (κ3) is 3.85. The zero-order valence-corrected chi connectivity index (χ0v) is 14.5. The molecule has 0 unspecified atom stereocenters. The molecule has 0 spiro atoms. The molecular weight excluding hydrogens is 370 g/mol. The molecule has 2 rings (SSSR count). The maximum Gasteiger partial charge on any atom is 0.193 e. The molecule has 0 aliphatic carbocycles. The molecule has 2 nitrogen and oxygen atoms in total. The molecule has 2 aromatic carbocycles. The smallest absolute Gasteiger partial charge is 0.193 e. The molecule has 0 fully saturated rings. The topological polar surface area (TPSA) is 52.0 Å². The van der Waals surface area contributed by atoms with Gasteiger partial charge in [0.15, 0.2) is 7.33 Å². The minimum atomic E-state index is -1.42. The van der Waals surface area contributed by atoms with Gasteiger partial charge in [-0.05, 0) is 12.1 Å². The van der Waals surface area contributed by atoms with E-state index >= 15 is 0 Å². The number of hydrogen-bond acceptors (Lipinski definition) is 3. The second kappa shape index (κ2) is 6.35. The van der Waals surface area contributed by atoms with E-state index in [-0.39, 0.29) is 0 Å². The van der Waals surface area contributed by atoms with Crippen molar-refractivity contribution < 1.29 is 0 Å². The molecule has 0 aromatic heterocycles. The lowest BCUT2D eigenvalue weighted by Crippen LogP contribution is -2.17. The molecule has 0 bridgehead atoms. The molecule has 112 valence electrons. The quantitative estimate of drug-likeness (QED) is 0.546. The molecule has 0 atom stereocenters. The van der Waals surface area contributed by atoms with Crippen LogP contribution in [0.3, 0.4) is 0 Å². The predicted octanol–water partition coefficient (Wildman–Crippen LogP) is 5.46. The summed E-state index contributed by atoms with van der Waals surface area (Å²) in [6, 6.07) is 14.0. The van der Waals surface area contributed by atoms with Gasteiger partial charge in [-0.3, -0.25) is 0 Å². The Bertz CT molecular complexity index is 591. The average Bonchev–Trinajstić information content (AvgIpc) is 2.38. The zero-order chi connectivity index (χ0) is 15.7. The van der Waals surface area contributed by atoms with E-state index in [9.17, 15) is 0 Å². The normalized spacial score (nSPS) is 12.4. The first-order chi connectivity index (χ1) is 9.74. The minimum absolute atomic E-state index is 0.458. The second-order valence-corrected chi connectivity index (χ2v) is 9.29. The fraction of sp³-hybridized carbons (Fsp3) is 0.143. The standard InChI is InChI=1S/C14H12Cl4N2S/c15-13(16,9-5-1-3-7-11(9)19)21-14(17,18)10-6-2-4-8-12(10)20/h1-8H,19-20H2. The van der Waals surface area contributed by atoms with Crippen molar-refractivity contribution in [1.82, 2.24) is 0 Å². The van der Waals surface area contributed by atoms with Crippen LogP contribution in [-0.2, 0) is 7.33 Å². The van der Waals surface area contributed by atoms with E-state index in [0.717, 1.165) is 11.8 Å². The Morgan fingerprint density at radius 2 is 1.00 bits per heavy atom. The van der Waals surface area contributed by atoms with E-state index in [4.69, 9.17) is 57.9 Å². The number of alkyl halides is 4. The van der Waals surface area contributed by atoms with Gasteiger partial charge >= 0.3 is 0 Å². The number of halogens is 4. The number of nitrogen functional groups attached to an aromatic ring is 2. The van der Waals surface area contributed by atoms with Crippen molar-refractivity contribution in [2.24, 2.45) is 0 Å². The van der Waals surface area contributed by atoms with Gasteiger partial charge in [-0.25, -0.2) is 0 Å². The molecule has 0 saturated heterocycles. The Morgan fingerprint density at radius 1 is 0.667 bits per heavy atom. The zero-order valence-electron chi connectivity index (χ0n) is 10.7. The summed E-state index contributed by atoms with van der Waals surface area (Å²) in [5.41, 5.74) is 13.8. The number of nitrogens with two attached hydrogens (primary N) is 2. The van der Waals surface area contributed by atoms with Crippen LogP contribution in [0.2, 0.25) is 0 Å². The van der Waals surface area contributed by atoms with Crippen LogP contribution in [0.1, 0.15) is 11.1 Å². The van der Waals surface area contributed by atoms with Crippen LogP contribution in [-0.4, -0.2) is 0 Å². The molecule has 0 amide bonds. The average molecular weight is 382 g/mol. The van der Waals surface area contributed by atoms with Crippen molar-refractivity contribution in [3.05, 3.63) is 59.7 Å². The van der Waals surface area contributed by atoms with Gasteiger partial charge in [0, 0.05) is 22.5 Å². The van der Waals surface area contributed by atoms with E-state index in [1.54, 1.807) is 48.5 Å². The van der Waals surface area contributed by atoms with E-state index in [1.165, 1.54) is 0 Å². The van der Waals surface area contributed by atoms with Crippen LogP contribution >= 0.6 is 58.2 Å². The van der Waals surface area contributed by atoms with Gasteiger partial charge in [0.1, 0.15) is 0 Å². The van der Waals surface area contributed by atoms with Gasteiger partial charge in [-0.1, -0.05) is 94.6 Å². The van der Waals surface area contributed by atoms with Gasteiger partial charge < -0.3 is 11.5 Å². The molecule has 0 aliphatic heterocycles. The number of para-hydroxylation sites is 2. The molecule has 0 aliphatic rings. The molecule has 7 heteroatoms. The van der Waals surface area contributed by atoms with Crippen molar-refractivity contribution in [1.29, 1.82) is 0 Å². The van der Waals surface area contributed by atoms with Crippen molar-refractivity contribution in [3.8, 4) is 0 Å². The SMILES string of the molecule is Nc1ccccc1C(Cl)(Cl)SC(Cl)(Cl)c1ccccc1N. The first-order valence-electron chi connectivity index (χ1n) is 5.90. The lowest BCUT2D eigenvalue weighted by atomic mass is 10.2. The number of thioether (sulfide) groups is 1. The minimum Gasteiger partial charge on any atom is -0.398 e. The molecule has 0 heterocycles. The number of anilines is 2. The van der Waals surface area contributed by atoms with Crippen molar-refractivity contribution >= 4 is 69.5 Å². The third-order valence-corrected chi connectivity index (χ3v) is 5.50. The highest BCUT2D eigenvalue weighted by Crippen LogP contribution is 2.60. The first kappa shape index (κ1) is 16.9. The van der Waals surface area contributed by atoms with E-state index < -0.39 is 7.33 Å². The van der Waals surface area contributed by atoms with Crippen molar-refractivity contribution in [3.63, 3.8) is 0 Å². The Kier molecular flexibility index (Phi) is 5.11. The maximum absolute atomic E-state index is 6.39. The molecule has 0 saturated carbocycles. The predicted molar refractivity (Wildman–Crippen MR) is 96.1 cm³/mol. The van der Waals surface area contributed by atoms with E-state index in [1.807, 2.05) is 0 Å². The molecule has 4 N–H and O–H groups in total. The third-order valence-electron chi connectivity index (χ3n) is 2.81. The highest BCUT2D eigenvalue weighted by atomic mass is 35.5. The summed E-state index contributed by atoms with van der Waals surface area (Å²) in [6.45, 7) is 0. The summed E-state index contributed by atoms with van der Waals surface area (Å²) in [5.74, 6) is 0. The Balaban J connectivity index is 2.36. The summed E-state index contributed by atoms with van der Waals surface area (Å²) in [5, 5.41) is 0. The molecule has 0 radical (unpaired) electrons. The van der Waals surface area contributed by atoms with Crippen LogP contribution in [0.5, 0.6) is 0 Å². The van der Waals surface area contributed by atoms with Gasteiger partial charge in [0.05, 0.1) is 0 Å². The first-order valence-corrected chi connectivity index (χ1v) is 8.22.